The summed E-state index contributed by atoms with van der Waals surface area (Å²) >= 11 is 0. The van der Waals surface area contributed by atoms with E-state index in [0.717, 1.165) is 32.2 Å². The summed E-state index contributed by atoms with van der Waals surface area (Å²) in [6.07, 6.45) is 6.42. The minimum atomic E-state index is -0.709. The molecule has 0 radical (unpaired) electrons. The lowest BCUT2D eigenvalue weighted by Crippen LogP contribution is -2.23. The van der Waals surface area contributed by atoms with E-state index in [0.29, 0.717) is 11.1 Å². The average Bonchev–Trinajstić information content (AvgIpc) is 2.45. The molecule has 1 rings (SSSR count). The Morgan fingerprint density at radius 2 is 1.75 bits per heavy atom. The summed E-state index contributed by atoms with van der Waals surface area (Å²) in [5, 5.41) is 3.34. The number of unbranched alkanes of at least 4 members (excludes halogenated alkanes) is 3. The normalized spacial score (nSPS) is 12.7. The van der Waals surface area contributed by atoms with Crippen LogP contribution in [0.1, 0.15) is 69.5 Å². The highest BCUT2D eigenvalue weighted by molar-refractivity contribution is 5.27. The Hall–Kier alpha value is -0.960. The zero-order valence-corrected chi connectivity index (χ0v) is 12.9. The first kappa shape index (κ1) is 17.1. The fourth-order valence-corrected chi connectivity index (χ4v) is 2.39. The number of benzene rings is 1. The quantitative estimate of drug-likeness (QED) is 0.608. The third-order valence-electron chi connectivity index (χ3n) is 3.67. The fourth-order valence-electron chi connectivity index (χ4n) is 2.39. The first-order valence-electron chi connectivity index (χ1n) is 7.79. The third-order valence-corrected chi connectivity index (χ3v) is 3.67. The smallest absolute Gasteiger partial charge is 0.163 e. The molecule has 0 aromatic heterocycles. The van der Waals surface area contributed by atoms with Crippen molar-refractivity contribution in [1.29, 1.82) is 0 Å². The summed E-state index contributed by atoms with van der Waals surface area (Å²) in [6.45, 7) is 6.67. The Morgan fingerprint density at radius 3 is 2.40 bits per heavy atom. The van der Waals surface area contributed by atoms with Gasteiger partial charge in [-0.25, -0.2) is 8.78 Å². The van der Waals surface area contributed by atoms with Crippen LogP contribution in [-0.4, -0.2) is 6.54 Å². The second kappa shape index (κ2) is 9.06. The van der Waals surface area contributed by atoms with E-state index in [4.69, 9.17) is 0 Å². The Kier molecular flexibility index (Phi) is 7.75. The van der Waals surface area contributed by atoms with Crippen LogP contribution in [-0.2, 0) is 0 Å². The molecule has 114 valence electrons. The lowest BCUT2D eigenvalue weighted by molar-refractivity contribution is 0.431. The lowest BCUT2D eigenvalue weighted by Gasteiger charge is -2.20. The van der Waals surface area contributed by atoms with Gasteiger partial charge in [-0.1, -0.05) is 51.7 Å². The summed E-state index contributed by atoms with van der Waals surface area (Å²) < 4.78 is 27.8. The molecule has 0 amide bonds. The van der Waals surface area contributed by atoms with Gasteiger partial charge < -0.3 is 5.32 Å². The Balaban J connectivity index is 2.78. The van der Waals surface area contributed by atoms with E-state index in [1.165, 1.54) is 12.8 Å². The van der Waals surface area contributed by atoms with Crippen LogP contribution in [0.3, 0.4) is 0 Å². The molecule has 1 aromatic carbocycles. The number of halogens is 2. The van der Waals surface area contributed by atoms with Crippen LogP contribution in [0.5, 0.6) is 0 Å². The van der Waals surface area contributed by atoms with Crippen LogP contribution in [0.2, 0.25) is 0 Å². The molecular formula is C17H27F2N. The summed E-state index contributed by atoms with van der Waals surface area (Å²) in [6, 6.07) is 3.31. The van der Waals surface area contributed by atoms with Gasteiger partial charge in [-0.15, -0.1) is 0 Å². The van der Waals surface area contributed by atoms with Crippen molar-refractivity contribution in [2.45, 2.75) is 65.3 Å². The van der Waals surface area contributed by atoms with Crippen molar-refractivity contribution in [3.63, 3.8) is 0 Å². The molecule has 20 heavy (non-hydrogen) atoms. The maximum absolute atomic E-state index is 14.1. The van der Waals surface area contributed by atoms with Crippen LogP contribution < -0.4 is 5.32 Å². The van der Waals surface area contributed by atoms with Crippen LogP contribution in [0, 0.1) is 18.6 Å². The Bertz CT molecular complexity index is 404. The zero-order valence-electron chi connectivity index (χ0n) is 12.9. The van der Waals surface area contributed by atoms with Crippen LogP contribution in [0.4, 0.5) is 8.78 Å². The van der Waals surface area contributed by atoms with E-state index in [-0.39, 0.29) is 6.04 Å². The topological polar surface area (TPSA) is 12.0 Å². The molecule has 1 unspecified atom stereocenters. The molecule has 0 saturated carbocycles. The maximum Gasteiger partial charge on any atom is 0.163 e. The van der Waals surface area contributed by atoms with E-state index in [2.05, 4.69) is 19.2 Å². The van der Waals surface area contributed by atoms with Gasteiger partial charge >= 0.3 is 0 Å². The molecule has 0 bridgehead atoms. The van der Waals surface area contributed by atoms with Crippen LogP contribution in [0.15, 0.2) is 12.1 Å². The Labute approximate surface area is 121 Å². The first-order valence-corrected chi connectivity index (χ1v) is 7.79. The molecule has 0 aliphatic carbocycles. The molecule has 0 spiro atoms. The van der Waals surface area contributed by atoms with Gasteiger partial charge in [-0.3, -0.25) is 0 Å². The number of aryl methyl sites for hydroxylation is 1. The average molecular weight is 283 g/mol. The van der Waals surface area contributed by atoms with Gasteiger partial charge in [-0.2, -0.15) is 0 Å². The van der Waals surface area contributed by atoms with Gasteiger partial charge in [0.1, 0.15) is 0 Å². The van der Waals surface area contributed by atoms with Crippen molar-refractivity contribution in [1.82, 2.24) is 5.32 Å². The van der Waals surface area contributed by atoms with Gasteiger partial charge in [0.25, 0.3) is 0 Å². The van der Waals surface area contributed by atoms with Crippen LogP contribution in [0.25, 0.3) is 0 Å². The van der Waals surface area contributed by atoms with Crippen molar-refractivity contribution in [2.24, 2.45) is 0 Å². The van der Waals surface area contributed by atoms with Crippen molar-refractivity contribution in [3.05, 3.63) is 34.9 Å². The maximum atomic E-state index is 14.1. The first-order chi connectivity index (χ1) is 9.61. The molecule has 1 N–H and O–H groups in total. The van der Waals surface area contributed by atoms with E-state index >= 15 is 0 Å². The molecule has 0 heterocycles. The minimum Gasteiger partial charge on any atom is -0.310 e. The minimum absolute atomic E-state index is 0.0816. The molecule has 0 aliphatic rings. The van der Waals surface area contributed by atoms with Gasteiger partial charge in [-0.05, 0) is 31.9 Å². The van der Waals surface area contributed by atoms with E-state index in [9.17, 15) is 8.78 Å². The summed E-state index contributed by atoms with van der Waals surface area (Å²) in [4.78, 5) is 0. The van der Waals surface area contributed by atoms with E-state index in [1.54, 1.807) is 19.1 Å². The number of nitrogens with one attached hydrogen (secondary N) is 1. The van der Waals surface area contributed by atoms with Gasteiger partial charge in [0, 0.05) is 11.6 Å². The second-order valence-electron chi connectivity index (χ2n) is 5.46. The number of rotatable bonds is 9. The summed E-state index contributed by atoms with van der Waals surface area (Å²) in [7, 11) is 0. The van der Waals surface area contributed by atoms with Gasteiger partial charge in [0.05, 0.1) is 0 Å². The van der Waals surface area contributed by atoms with Crippen molar-refractivity contribution in [2.75, 3.05) is 6.54 Å². The summed E-state index contributed by atoms with van der Waals surface area (Å²) in [5.41, 5.74) is 0.838. The SMILES string of the molecule is CCCCCCC(NCCC)c1ccc(C)c(F)c1F. The molecule has 0 fully saturated rings. The molecule has 0 aliphatic heterocycles. The predicted octanol–water partition coefficient (Wildman–Crippen LogP) is 5.28. The van der Waals surface area contributed by atoms with E-state index < -0.39 is 11.6 Å². The second-order valence-corrected chi connectivity index (χ2v) is 5.46. The largest absolute Gasteiger partial charge is 0.310 e. The van der Waals surface area contributed by atoms with E-state index in [1.807, 2.05) is 0 Å². The highest BCUT2D eigenvalue weighted by atomic mass is 19.2. The third kappa shape index (κ3) is 4.86. The fraction of sp³-hybridized carbons (Fsp3) is 0.647. The predicted molar refractivity (Wildman–Crippen MR) is 80.9 cm³/mol. The highest BCUT2D eigenvalue weighted by Crippen LogP contribution is 2.26. The molecule has 1 aromatic rings. The molecule has 0 saturated heterocycles. The van der Waals surface area contributed by atoms with Crippen molar-refractivity contribution < 1.29 is 8.78 Å². The lowest BCUT2D eigenvalue weighted by atomic mass is 9.98. The van der Waals surface area contributed by atoms with Gasteiger partial charge in [0.2, 0.25) is 0 Å². The van der Waals surface area contributed by atoms with Crippen molar-refractivity contribution >= 4 is 0 Å². The Morgan fingerprint density at radius 1 is 1.00 bits per heavy atom. The molecule has 3 heteroatoms. The molecule has 1 atom stereocenters. The number of hydrogen-bond donors (Lipinski definition) is 1. The summed E-state index contributed by atoms with van der Waals surface area (Å²) in [5.74, 6) is -1.39. The molecular weight excluding hydrogens is 256 g/mol. The number of hydrogen-bond acceptors (Lipinski definition) is 1. The monoisotopic (exact) mass is 283 g/mol. The molecule has 1 nitrogen and oxygen atoms in total. The standard InChI is InChI=1S/C17H27F2N/c1-4-6-7-8-9-15(20-12-5-2)14-11-10-13(3)16(18)17(14)19/h10-11,15,20H,4-9,12H2,1-3H3. The van der Waals surface area contributed by atoms with Crippen molar-refractivity contribution in [3.8, 4) is 0 Å². The van der Waals surface area contributed by atoms with Crippen LogP contribution >= 0.6 is 0 Å². The van der Waals surface area contributed by atoms with Gasteiger partial charge in [0.15, 0.2) is 11.6 Å². The highest BCUT2D eigenvalue weighted by Gasteiger charge is 2.18. The zero-order chi connectivity index (χ0) is 15.0.